The molecule has 2 saturated heterocycles. The van der Waals surface area contributed by atoms with Crippen molar-refractivity contribution < 1.29 is 91.0 Å². The van der Waals surface area contributed by atoms with Gasteiger partial charge in [0, 0.05) is 50.1 Å². The normalized spacial score (nSPS) is 19.2. The van der Waals surface area contributed by atoms with Gasteiger partial charge in [0.2, 0.25) is 0 Å². The van der Waals surface area contributed by atoms with Crippen LogP contribution in [-0.2, 0) is 53.2 Å². The Kier molecular flexibility index (Phi) is 15.0. The number of carboxylic acid groups (broad SMARTS) is 1. The smallest absolute Gasteiger partial charge is 0.870 e. The Hall–Kier alpha value is -4.38. The molecule has 2 saturated carbocycles. The maximum atomic E-state index is 14.1. The van der Waals surface area contributed by atoms with Crippen molar-refractivity contribution in [1.82, 2.24) is 9.80 Å². The van der Waals surface area contributed by atoms with E-state index in [-0.39, 0.29) is 95.2 Å². The molecule has 0 unspecified atom stereocenters. The van der Waals surface area contributed by atoms with Gasteiger partial charge in [0.15, 0.2) is 34.8 Å². The van der Waals surface area contributed by atoms with Crippen molar-refractivity contribution in [3.63, 3.8) is 0 Å². The summed E-state index contributed by atoms with van der Waals surface area (Å²) in [6.07, 6.45) is 7.37. The first-order valence-electron chi connectivity index (χ1n) is 22.6. The number of carbonyl (C=O) groups excluding carboxylic acids is 1. The standard InChI is InChI=1S/C26H29F2NO4.C25H27F2NO4.Na.H2O/c1-3-32-23-21(27)8-17(9-22(23)28)13-33-20-5-4-18-11-25(12-19(18)10-20)14-29(15-25)16-26(6-7-26)24(30)31-2;1-2-31-22-20(26)7-16(8-21(22)27)12-32-19-4-3-17-10-24(11-18(17)9-19)13-28(14-24)15-25(5-6-25)23(29)30;;/h4-5,8-10H,3,6-7,11-16H2,1-2H3;3-4,7-9H,2,5-6,10-15H2,1H3,(H,29,30);;1H2/q;;+1;/p-1. The molecule has 2 spiro atoms. The number of aliphatic carboxylic acids is 1. The molecule has 2 heterocycles. The number of hydrogen-bond acceptors (Lipinski definition) is 10. The second-order valence-corrected chi connectivity index (χ2v) is 19.4. The summed E-state index contributed by atoms with van der Waals surface area (Å²) < 4.78 is 82.9. The van der Waals surface area contributed by atoms with Crippen molar-refractivity contribution >= 4 is 11.9 Å². The molecule has 6 aliphatic rings. The topological polar surface area (TPSA) is 137 Å². The van der Waals surface area contributed by atoms with Gasteiger partial charge in [0.05, 0.1) is 31.2 Å². The second-order valence-electron chi connectivity index (χ2n) is 19.4. The van der Waals surface area contributed by atoms with Gasteiger partial charge < -0.3 is 44.1 Å². The molecule has 2 aliphatic heterocycles. The second kappa shape index (κ2) is 19.9. The third kappa shape index (κ3) is 10.6. The number of fused-ring (bicyclic) bond motifs is 2. The predicted octanol–water partition coefficient (Wildman–Crippen LogP) is 5.33. The fourth-order valence-corrected chi connectivity index (χ4v) is 10.8. The number of carbonyl (C=O) groups is 2. The van der Waals surface area contributed by atoms with Crippen LogP contribution in [-0.4, -0.2) is 91.9 Å². The summed E-state index contributed by atoms with van der Waals surface area (Å²) in [5.74, 6) is -2.98. The summed E-state index contributed by atoms with van der Waals surface area (Å²) >= 11 is 0. The van der Waals surface area contributed by atoms with E-state index in [9.17, 15) is 32.3 Å². The van der Waals surface area contributed by atoms with Crippen LogP contribution in [0.25, 0.3) is 0 Å². The number of benzene rings is 4. The minimum atomic E-state index is -0.730. The first-order chi connectivity index (χ1) is 31.2. The first kappa shape index (κ1) is 50.5. The number of ether oxygens (including phenoxy) is 5. The number of rotatable bonds is 16. The SMILES string of the molecule is CCOc1c(F)cc(COc2ccc3c(c2)CC2(C3)CN(CC3(C(=O)O)CC3)C2)cc1F.CCOc1c(F)cc(COc2ccc3c(c2)CC2(C3)CN(CC3(C(=O)OC)CC3)C2)cc1F.[Na+].[OH-]. The van der Waals surface area contributed by atoms with E-state index in [2.05, 4.69) is 21.9 Å². The average molecular weight is 941 g/mol. The zero-order chi connectivity index (χ0) is 45.7. The molecule has 11 nitrogen and oxygen atoms in total. The molecular weight excluding hydrogens is 884 g/mol. The van der Waals surface area contributed by atoms with Crippen LogP contribution in [0, 0.1) is 44.9 Å². The van der Waals surface area contributed by atoms with Gasteiger partial charge in [-0.25, -0.2) is 17.6 Å². The van der Waals surface area contributed by atoms with Gasteiger partial charge in [-0.05, 0) is 147 Å². The molecule has 67 heavy (non-hydrogen) atoms. The van der Waals surface area contributed by atoms with Crippen LogP contribution in [0.5, 0.6) is 23.0 Å². The van der Waals surface area contributed by atoms with Crippen LogP contribution >= 0.6 is 0 Å². The van der Waals surface area contributed by atoms with Crippen LogP contribution in [0.1, 0.15) is 72.9 Å². The van der Waals surface area contributed by atoms with Gasteiger partial charge in [0.25, 0.3) is 0 Å². The molecule has 10 rings (SSSR count). The Morgan fingerprint density at radius 1 is 0.582 bits per heavy atom. The third-order valence-corrected chi connectivity index (χ3v) is 14.2. The number of esters is 1. The number of nitrogens with zero attached hydrogens (tertiary/aromatic N) is 2. The van der Waals surface area contributed by atoms with Crippen LogP contribution < -0.4 is 48.5 Å². The van der Waals surface area contributed by atoms with Crippen molar-refractivity contribution in [3.05, 3.63) is 117 Å². The largest absolute Gasteiger partial charge is 1.00 e. The van der Waals surface area contributed by atoms with Crippen molar-refractivity contribution in [2.75, 3.05) is 59.6 Å². The fourth-order valence-electron chi connectivity index (χ4n) is 10.8. The van der Waals surface area contributed by atoms with E-state index >= 15 is 0 Å². The first-order valence-corrected chi connectivity index (χ1v) is 22.6. The van der Waals surface area contributed by atoms with E-state index in [1.54, 1.807) is 13.8 Å². The molecular formula is C51H57F4N2NaO9. The third-order valence-electron chi connectivity index (χ3n) is 14.2. The van der Waals surface area contributed by atoms with Gasteiger partial charge in [-0.2, -0.15) is 0 Å². The Bertz CT molecular complexity index is 2440. The van der Waals surface area contributed by atoms with Crippen molar-refractivity contribution in [3.8, 4) is 23.0 Å². The molecule has 354 valence electrons. The monoisotopic (exact) mass is 940 g/mol. The minimum Gasteiger partial charge on any atom is -0.870 e. The van der Waals surface area contributed by atoms with Crippen molar-refractivity contribution in [2.45, 2.75) is 78.4 Å². The fraction of sp³-hybridized carbons (Fsp3) is 0.490. The van der Waals surface area contributed by atoms with E-state index in [1.807, 2.05) is 24.3 Å². The van der Waals surface area contributed by atoms with Gasteiger partial charge in [-0.3, -0.25) is 9.59 Å². The van der Waals surface area contributed by atoms with Crippen LogP contribution in [0.4, 0.5) is 17.6 Å². The summed E-state index contributed by atoms with van der Waals surface area (Å²) in [6, 6.07) is 17.0. The number of halogens is 4. The molecule has 4 aliphatic carbocycles. The Morgan fingerprint density at radius 2 is 0.955 bits per heavy atom. The molecule has 0 radical (unpaired) electrons. The molecule has 4 aromatic carbocycles. The summed E-state index contributed by atoms with van der Waals surface area (Å²) in [6.45, 7) is 9.17. The molecule has 16 heteroatoms. The van der Waals surface area contributed by atoms with Gasteiger partial charge in [-0.15, -0.1) is 0 Å². The van der Waals surface area contributed by atoms with Crippen LogP contribution in [0.15, 0.2) is 60.7 Å². The van der Waals surface area contributed by atoms with Gasteiger partial charge in [-0.1, -0.05) is 12.1 Å². The molecule has 0 aromatic heterocycles. The van der Waals surface area contributed by atoms with E-state index in [0.717, 1.165) is 84.1 Å². The Labute approximate surface area is 410 Å². The number of likely N-dealkylation sites (tertiary alicyclic amines) is 2. The minimum absolute atomic E-state index is 0. The molecule has 0 bridgehead atoms. The Balaban J connectivity index is 0.000000193. The number of hydrogen-bond donors (Lipinski definition) is 1. The average Bonchev–Trinajstić information content (AvgIpc) is 4.15. The summed E-state index contributed by atoms with van der Waals surface area (Å²) in [5, 5.41) is 9.41. The molecule has 0 amide bonds. The quantitative estimate of drug-likeness (QED) is 0.0888. The van der Waals surface area contributed by atoms with Gasteiger partial charge in [0.1, 0.15) is 24.7 Å². The molecule has 4 fully saturated rings. The molecule has 4 aromatic rings. The Morgan fingerprint density at radius 3 is 1.30 bits per heavy atom. The summed E-state index contributed by atoms with van der Waals surface area (Å²) in [5.41, 5.74) is 5.60. The van der Waals surface area contributed by atoms with E-state index < -0.39 is 34.7 Å². The maximum Gasteiger partial charge on any atom is 1.00 e. The zero-order valence-electron chi connectivity index (χ0n) is 38.7. The van der Waals surface area contributed by atoms with Gasteiger partial charge >= 0.3 is 41.5 Å². The summed E-state index contributed by atoms with van der Waals surface area (Å²) in [7, 11) is 1.47. The molecule has 2 N–H and O–H groups in total. The zero-order valence-corrected chi connectivity index (χ0v) is 40.7. The van der Waals surface area contributed by atoms with E-state index in [1.165, 1.54) is 53.6 Å². The number of methoxy groups -OCH3 is 1. The van der Waals surface area contributed by atoms with Crippen LogP contribution in [0.2, 0.25) is 0 Å². The van der Waals surface area contributed by atoms with Crippen molar-refractivity contribution in [1.29, 1.82) is 0 Å². The van der Waals surface area contributed by atoms with Crippen molar-refractivity contribution in [2.24, 2.45) is 21.7 Å². The molecule has 0 atom stereocenters. The summed E-state index contributed by atoms with van der Waals surface area (Å²) in [4.78, 5) is 28.1. The van der Waals surface area contributed by atoms with Crippen LogP contribution in [0.3, 0.4) is 0 Å². The van der Waals surface area contributed by atoms with E-state index in [4.69, 9.17) is 23.7 Å². The number of carboxylic acids is 1. The predicted molar refractivity (Wildman–Crippen MR) is 234 cm³/mol. The van der Waals surface area contributed by atoms with E-state index in [0.29, 0.717) is 29.2 Å². The maximum absolute atomic E-state index is 14.1.